The minimum absolute atomic E-state index is 0.111. The summed E-state index contributed by atoms with van der Waals surface area (Å²) in [6.07, 6.45) is 7.92. The van der Waals surface area contributed by atoms with Crippen LogP contribution in [-0.4, -0.2) is 77.7 Å². The summed E-state index contributed by atoms with van der Waals surface area (Å²) in [6, 6.07) is 2.17. The summed E-state index contributed by atoms with van der Waals surface area (Å²) in [5.41, 5.74) is 12.5. The first-order valence-electron chi connectivity index (χ1n) is 10.9. The lowest BCUT2D eigenvalue weighted by atomic mass is 10.2. The zero-order valence-electron chi connectivity index (χ0n) is 18.2. The van der Waals surface area contributed by atoms with Gasteiger partial charge in [-0.1, -0.05) is 0 Å². The molecule has 2 unspecified atom stereocenters. The van der Waals surface area contributed by atoms with Crippen molar-refractivity contribution in [2.75, 3.05) is 50.0 Å². The van der Waals surface area contributed by atoms with E-state index >= 15 is 0 Å². The van der Waals surface area contributed by atoms with Gasteiger partial charge in [0.05, 0.1) is 30.8 Å². The van der Waals surface area contributed by atoms with E-state index in [9.17, 15) is 4.79 Å². The van der Waals surface area contributed by atoms with Gasteiger partial charge in [-0.25, -0.2) is 9.97 Å². The van der Waals surface area contributed by atoms with Crippen molar-refractivity contribution in [1.29, 1.82) is 0 Å². The Labute approximate surface area is 192 Å². The van der Waals surface area contributed by atoms with Crippen LogP contribution in [0.3, 0.4) is 0 Å². The fourth-order valence-corrected chi connectivity index (χ4v) is 4.61. The van der Waals surface area contributed by atoms with E-state index in [1.807, 2.05) is 12.3 Å². The SMILES string of the molecule is CN1CCN(c2cnc(Sc3cncc(NC(=O)CN)n3)cc2OC2CCC(N)C2)CC1. The van der Waals surface area contributed by atoms with Crippen molar-refractivity contribution in [2.24, 2.45) is 11.5 Å². The number of rotatable bonds is 7. The molecule has 1 amide bonds. The van der Waals surface area contributed by atoms with Crippen LogP contribution in [0.25, 0.3) is 0 Å². The van der Waals surface area contributed by atoms with E-state index in [-0.39, 0.29) is 24.6 Å². The quantitative estimate of drug-likeness (QED) is 0.550. The van der Waals surface area contributed by atoms with Gasteiger partial charge in [0.1, 0.15) is 21.9 Å². The van der Waals surface area contributed by atoms with Gasteiger partial charge in [0.15, 0.2) is 5.82 Å². The van der Waals surface area contributed by atoms with Crippen molar-refractivity contribution >= 4 is 29.2 Å². The van der Waals surface area contributed by atoms with Gasteiger partial charge < -0.3 is 31.3 Å². The Kier molecular flexibility index (Phi) is 7.40. The summed E-state index contributed by atoms with van der Waals surface area (Å²) >= 11 is 1.37. The molecule has 3 heterocycles. The Hall–Kier alpha value is -2.47. The maximum absolute atomic E-state index is 11.5. The monoisotopic (exact) mass is 458 g/mol. The van der Waals surface area contributed by atoms with Gasteiger partial charge in [-0.3, -0.25) is 9.78 Å². The van der Waals surface area contributed by atoms with E-state index in [0.717, 1.165) is 61.9 Å². The molecule has 1 saturated carbocycles. The Balaban J connectivity index is 1.54. The number of likely N-dealkylation sites (N-methyl/N-ethyl adjacent to an activating group) is 1. The summed E-state index contributed by atoms with van der Waals surface area (Å²) in [5.74, 6) is 0.865. The van der Waals surface area contributed by atoms with Crippen LogP contribution in [0.4, 0.5) is 11.5 Å². The summed E-state index contributed by atoms with van der Waals surface area (Å²) in [7, 11) is 2.14. The average molecular weight is 459 g/mol. The summed E-state index contributed by atoms with van der Waals surface area (Å²) in [6.45, 7) is 3.75. The van der Waals surface area contributed by atoms with Crippen molar-refractivity contribution in [2.45, 2.75) is 41.5 Å². The number of hydrogen-bond acceptors (Lipinski definition) is 10. The smallest absolute Gasteiger partial charge is 0.239 e. The van der Waals surface area contributed by atoms with E-state index in [2.05, 4.69) is 37.1 Å². The van der Waals surface area contributed by atoms with E-state index in [1.165, 1.54) is 18.0 Å². The van der Waals surface area contributed by atoms with Crippen molar-refractivity contribution in [3.63, 3.8) is 0 Å². The Bertz CT molecular complexity index is 938. The highest BCUT2D eigenvalue weighted by molar-refractivity contribution is 7.99. The Morgan fingerprint density at radius 2 is 2.03 bits per heavy atom. The van der Waals surface area contributed by atoms with E-state index < -0.39 is 0 Å². The molecule has 4 rings (SSSR count). The molecule has 32 heavy (non-hydrogen) atoms. The standard InChI is InChI=1S/C21H30N8O2S/c1-28-4-6-29(7-5-28)16-11-25-20(9-17(16)31-15-3-2-14(23)8-15)32-21-13-24-12-18(27-21)26-19(30)10-22/h9,11-15H,2-8,10,22-23H2,1H3,(H,26,27,30). The van der Waals surface area contributed by atoms with Crippen LogP contribution in [-0.2, 0) is 4.79 Å². The fourth-order valence-electron chi connectivity index (χ4n) is 3.87. The summed E-state index contributed by atoms with van der Waals surface area (Å²) in [5, 5.41) is 3.98. The first-order chi connectivity index (χ1) is 15.5. The molecular weight excluding hydrogens is 428 g/mol. The van der Waals surface area contributed by atoms with Gasteiger partial charge in [0, 0.05) is 38.3 Å². The summed E-state index contributed by atoms with van der Waals surface area (Å²) in [4.78, 5) is 29.4. The zero-order chi connectivity index (χ0) is 22.5. The highest BCUT2D eigenvalue weighted by atomic mass is 32.2. The molecule has 2 fully saturated rings. The van der Waals surface area contributed by atoms with Crippen molar-refractivity contribution < 1.29 is 9.53 Å². The lowest BCUT2D eigenvalue weighted by molar-refractivity contribution is -0.114. The van der Waals surface area contributed by atoms with Crippen LogP contribution in [0.1, 0.15) is 19.3 Å². The summed E-state index contributed by atoms with van der Waals surface area (Å²) < 4.78 is 6.43. The number of ether oxygens (including phenoxy) is 1. The van der Waals surface area contributed by atoms with Gasteiger partial charge in [0.25, 0.3) is 0 Å². The molecule has 1 saturated heterocycles. The first kappa shape index (κ1) is 22.7. The molecule has 172 valence electrons. The third kappa shape index (κ3) is 5.85. The Morgan fingerprint density at radius 3 is 2.75 bits per heavy atom. The minimum atomic E-state index is -0.318. The third-order valence-corrected chi connectivity index (χ3v) is 6.50. The molecule has 0 bridgehead atoms. The minimum Gasteiger partial charge on any atom is -0.488 e. The van der Waals surface area contributed by atoms with Gasteiger partial charge in [0.2, 0.25) is 5.91 Å². The van der Waals surface area contributed by atoms with Crippen LogP contribution >= 0.6 is 11.8 Å². The number of nitrogens with two attached hydrogens (primary N) is 2. The number of carbonyl (C=O) groups excluding carboxylic acids is 1. The van der Waals surface area contributed by atoms with Gasteiger partial charge >= 0.3 is 0 Å². The van der Waals surface area contributed by atoms with Crippen molar-refractivity contribution in [1.82, 2.24) is 19.9 Å². The number of hydrogen-bond donors (Lipinski definition) is 3. The molecular formula is C21H30N8O2S. The molecule has 2 aromatic rings. The maximum Gasteiger partial charge on any atom is 0.239 e. The number of nitrogens with one attached hydrogen (secondary N) is 1. The van der Waals surface area contributed by atoms with Crippen LogP contribution < -0.4 is 26.4 Å². The van der Waals surface area contributed by atoms with Crippen LogP contribution in [0.15, 0.2) is 34.7 Å². The average Bonchev–Trinajstić information content (AvgIpc) is 3.19. The third-order valence-electron chi connectivity index (χ3n) is 5.66. The number of aromatic nitrogens is 3. The topological polar surface area (TPSA) is 136 Å². The van der Waals surface area contributed by atoms with Crippen molar-refractivity contribution in [3.05, 3.63) is 24.7 Å². The number of carbonyl (C=O) groups is 1. The number of amides is 1. The van der Waals surface area contributed by atoms with E-state index in [0.29, 0.717) is 10.8 Å². The molecule has 11 heteroatoms. The lowest BCUT2D eigenvalue weighted by Gasteiger charge is -2.35. The second kappa shape index (κ2) is 10.4. The van der Waals surface area contributed by atoms with Crippen LogP contribution in [0.2, 0.25) is 0 Å². The second-order valence-corrected chi connectivity index (χ2v) is 9.23. The van der Waals surface area contributed by atoms with Gasteiger partial charge in [-0.05, 0) is 38.1 Å². The normalized spacial score (nSPS) is 21.5. The van der Waals surface area contributed by atoms with Gasteiger partial charge in [-0.15, -0.1) is 0 Å². The van der Waals surface area contributed by atoms with E-state index in [1.54, 1.807) is 6.20 Å². The molecule has 0 aromatic carbocycles. The lowest BCUT2D eigenvalue weighted by Crippen LogP contribution is -2.44. The van der Waals surface area contributed by atoms with Crippen LogP contribution in [0, 0.1) is 0 Å². The van der Waals surface area contributed by atoms with Gasteiger partial charge in [-0.2, -0.15) is 0 Å². The molecule has 2 aromatic heterocycles. The molecule has 1 aliphatic carbocycles. The molecule has 5 N–H and O–H groups in total. The maximum atomic E-state index is 11.5. The molecule has 0 radical (unpaired) electrons. The zero-order valence-corrected chi connectivity index (χ0v) is 19.1. The number of nitrogens with zero attached hydrogens (tertiary/aromatic N) is 5. The highest BCUT2D eigenvalue weighted by Crippen LogP contribution is 2.36. The first-order valence-corrected chi connectivity index (χ1v) is 11.7. The molecule has 2 atom stereocenters. The number of anilines is 2. The predicted molar refractivity (Wildman–Crippen MR) is 124 cm³/mol. The Morgan fingerprint density at radius 1 is 1.22 bits per heavy atom. The molecule has 1 aliphatic heterocycles. The van der Waals surface area contributed by atoms with Crippen LogP contribution in [0.5, 0.6) is 5.75 Å². The number of pyridine rings is 1. The largest absolute Gasteiger partial charge is 0.488 e. The molecule has 0 spiro atoms. The van der Waals surface area contributed by atoms with Crippen molar-refractivity contribution in [3.8, 4) is 5.75 Å². The predicted octanol–water partition coefficient (Wildman–Crippen LogP) is 0.930. The molecule has 2 aliphatic rings. The molecule has 10 nitrogen and oxygen atoms in total. The van der Waals surface area contributed by atoms with E-state index in [4.69, 9.17) is 16.2 Å². The second-order valence-electron chi connectivity index (χ2n) is 8.19. The number of piperazine rings is 1. The highest BCUT2D eigenvalue weighted by Gasteiger charge is 2.26. The fraction of sp³-hybridized carbons (Fsp3) is 0.524.